The molecule has 10 heteroatoms. The number of ether oxygens (including phenoxy) is 1. The van der Waals surface area contributed by atoms with Crippen molar-refractivity contribution in [2.24, 2.45) is 0 Å². The lowest BCUT2D eigenvalue weighted by Crippen LogP contribution is -2.48. The number of aromatic nitrogens is 3. The number of aryl methyl sites for hydroxylation is 2. The van der Waals surface area contributed by atoms with Gasteiger partial charge in [0, 0.05) is 32.3 Å². The van der Waals surface area contributed by atoms with Crippen molar-refractivity contribution >= 4 is 17.2 Å². The maximum atomic E-state index is 13.1. The number of hydrogen-bond donors (Lipinski definition) is 1. The first-order chi connectivity index (χ1) is 15.8. The van der Waals surface area contributed by atoms with Crippen LogP contribution in [0.15, 0.2) is 35.3 Å². The van der Waals surface area contributed by atoms with E-state index in [4.69, 9.17) is 4.74 Å². The molecule has 1 aliphatic heterocycles. The number of fused-ring (bicyclic) bond motifs is 1. The molecule has 0 bridgehead atoms. The normalized spacial score (nSPS) is 15.8. The van der Waals surface area contributed by atoms with Crippen molar-refractivity contribution in [1.29, 1.82) is 0 Å². The van der Waals surface area contributed by atoms with Crippen molar-refractivity contribution in [2.45, 2.75) is 38.8 Å². The van der Waals surface area contributed by atoms with Crippen molar-refractivity contribution in [3.63, 3.8) is 0 Å². The minimum absolute atomic E-state index is 0.0354. The van der Waals surface area contributed by atoms with Crippen molar-refractivity contribution < 1.29 is 19.0 Å². The van der Waals surface area contributed by atoms with E-state index in [0.717, 1.165) is 5.56 Å². The zero-order chi connectivity index (χ0) is 23.7. The molecule has 3 aromatic rings. The number of aromatic hydroxyl groups is 1. The molecule has 0 fully saturated rings. The first kappa shape index (κ1) is 23.1. The van der Waals surface area contributed by atoms with Crippen LogP contribution in [0.25, 0.3) is 10.6 Å². The summed E-state index contributed by atoms with van der Waals surface area (Å²) in [7, 11) is 1.57. The first-order valence-electron chi connectivity index (χ1n) is 10.6. The smallest absolute Gasteiger partial charge is 0.274 e. The van der Waals surface area contributed by atoms with E-state index in [9.17, 15) is 19.1 Å². The maximum Gasteiger partial charge on any atom is 0.274 e. The highest BCUT2D eigenvalue weighted by Gasteiger charge is 2.36. The predicted molar refractivity (Wildman–Crippen MR) is 122 cm³/mol. The maximum absolute atomic E-state index is 13.1. The Balaban J connectivity index is 1.66. The monoisotopic (exact) mass is 472 g/mol. The summed E-state index contributed by atoms with van der Waals surface area (Å²) in [4.78, 5) is 27.6. The van der Waals surface area contributed by atoms with Gasteiger partial charge in [-0.3, -0.25) is 9.59 Å². The molecule has 1 amide bonds. The molecule has 0 saturated carbocycles. The summed E-state index contributed by atoms with van der Waals surface area (Å²) in [6.07, 6.45) is 2.80. The van der Waals surface area contributed by atoms with Crippen LogP contribution in [0.5, 0.6) is 5.75 Å². The Morgan fingerprint density at radius 3 is 2.61 bits per heavy atom. The van der Waals surface area contributed by atoms with Gasteiger partial charge in [-0.25, -0.2) is 4.39 Å². The van der Waals surface area contributed by atoms with Crippen LogP contribution in [0, 0.1) is 5.82 Å². The van der Waals surface area contributed by atoms with Crippen LogP contribution in [0.4, 0.5) is 4.39 Å². The van der Waals surface area contributed by atoms with Gasteiger partial charge < -0.3 is 19.3 Å². The molecule has 2 aromatic heterocycles. The number of hydrogen-bond acceptors (Lipinski definition) is 7. The van der Waals surface area contributed by atoms with Crippen molar-refractivity contribution in [3.05, 3.63) is 62.8 Å². The zero-order valence-electron chi connectivity index (χ0n) is 18.6. The van der Waals surface area contributed by atoms with Crippen molar-refractivity contribution in [1.82, 2.24) is 19.7 Å². The Labute approximate surface area is 194 Å². The number of carbonyl (C=O) groups excluding carboxylic acids is 1. The van der Waals surface area contributed by atoms with Gasteiger partial charge in [0.1, 0.15) is 10.8 Å². The van der Waals surface area contributed by atoms with Crippen LogP contribution in [-0.2, 0) is 17.6 Å². The summed E-state index contributed by atoms with van der Waals surface area (Å²) in [5.41, 5.74) is 0.466. The fourth-order valence-electron chi connectivity index (χ4n) is 3.94. The van der Waals surface area contributed by atoms with Gasteiger partial charge in [-0.1, -0.05) is 23.5 Å². The standard InChI is InChI=1S/C23H25FN4O4S/c1-13(2)27-10-16(12-32-3)28-11-17(20(29)21(30)19(28)23(27)31)22-26-25-18(33-22)9-6-14-4-7-15(24)8-5-14/h4-5,7-8,11,13,16,30H,6,9-10,12H2,1-3H3/t16-/m1/s1. The number of pyridine rings is 1. The highest BCUT2D eigenvalue weighted by Crippen LogP contribution is 2.31. The lowest BCUT2D eigenvalue weighted by atomic mass is 10.1. The highest BCUT2D eigenvalue weighted by molar-refractivity contribution is 7.14. The second-order valence-electron chi connectivity index (χ2n) is 8.26. The molecule has 0 spiro atoms. The van der Waals surface area contributed by atoms with E-state index in [-0.39, 0.29) is 29.2 Å². The molecule has 174 valence electrons. The Bertz CT molecular complexity index is 1220. The minimum Gasteiger partial charge on any atom is -0.503 e. The molecule has 1 N–H and O–H groups in total. The summed E-state index contributed by atoms with van der Waals surface area (Å²) >= 11 is 1.26. The largest absolute Gasteiger partial charge is 0.503 e. The van der Waals surface area contributed by atoms with Crippen LogP contribution in [0.3, 0.4) is 0 Å². The molecule has 0 aliphatic carbocycles. The molecule has 1 atom stereocenters. The summed E-state index contributed by atoms with van der Waals surface area (Å²) in [5.74, 6) is -1.27. The topological polar surface area (TPSA) is 97.6 Å². The van der Waals surface area contributed by atoms with E-state index in [1.165, 1.54) is 23.5 Å². The van der Waals surface area contributed by atoms with Crippen LogP contribution in [-0.4, -0.2) is 57.0 Å². The Hall–Kier alpha value is -3.11. The molecule has 1 aromatic carbocycles. The minimum atomic E-state index is -0.655. The molecule has 8 nitrogen and oxygen atoms in total. The third-order valence-corrected chi connectivity index (χ3v) is 6.71. The number of rotatable bonds is 7. The number of carbonyl (C=O) groups is 1. The summed E-state index contributed by atoms with van der Waals surface area (Å²) in [6, 6.07) is 5.91. The SMILES string of the molecule is COC[C@H]1CN(C(C)C)C(=O)c2c(O)c(=O)c(-c3nnc(CCc4ccc(F)cc4)s3)cn21. The number of amides is 1. The number of nitrogens with zero attached hydrogens (tertiary/aromatic N) is 4. The summed E-state index contributed by atoms with van der Waals surface area (Å²) in [5, 5.41) is 20.1. The molecule has 0 saturated heterocycles. The molecule has 0 radical (unpaired) electrons. The van der Waals surface area contributed by atoms with Crippen molar-refractivity contribution in [2.75, 3.05) is 20.3 Å². The second-order valence-corrected chi connectivity index (χ2v) is 9.33. The van der Waals surface area contributed by atoms with Gasteiger partial charge in [-0.05, 0) is 38.0 Å². The van der Waals surface area contributed by atoms with E-state index in [2.05, 4.69) is 10.2 Å². The quantitative estimate of drug-likeness (QED) is 0.568. The number of methoxy groups -OCH3 is 1. The second kappa shape index (κ2) is 9.40. The molecule has 33 heavy (non-hydrogen) atoms. The first-order valence-corrected chi connectivity index (χ1v) is 11.5. The van der Waals surface area contributed by atoms with Gasteiger partial charge in [0.2, 0.25) is 5.43 Å². The Morgan fingerprint density at radius 2 is 1.94 bits per heavy atom. The number of benzene rings is 1. The Morgan fingerprint density at radius 1 is 1.21 bits per heavy atom. The van der Waals surface area contributed by atoms with Crippen LogP contribution in [0.2, 0.25) is 0 Å². The van der Waals surface area contributed by atoms with Crippen LogP contribution >= 0.6 is 11.3 Å². The average Bonchev–Trinajstić information content (AvgIpc) is 3.26. The zero-order valence-corrected chi connectivity index (χ0v) is 19.4. The van der Waals surface area contributed by atoms with Gasteiger partial charge >= 0.3 is 0 Å². The fourth-order valence-corrected chi connectivity index (χ4v) is 4.79. The molecule has 4 rings (SSSR count). The van der Waals surface area contributed by atoms with Crippen LogP contribution < -0.4 is 5.43 Å². The molecule has 1 aliphatic rings. The predicted octanol–water partition coefficient (Wildman–Crippen LogP) is 3.05. The fraction of sp³-hybridized carbons (Fsp3) is 0.391. The van der Waals surface area contributed by atoms with Gasteiger partial charge in [0.25, 0.3) is 5.91 Å². The van der Waals surface area contributed by atoms with E-state index in [1.54, 1.807) is 34.9 Å². The van der Waals surface area contributed by atoms with Crippen molar-refractivity contribution in [3.8, 4) is 16.3 Å². The van der Waals surface area contributed by atoms with Gasteiger partial charge in [-0.2, -0.15) is 0 Å². The summed E-state index contributed by atoms with van der Waals surface area (Å²) in [6.45, 7) is 4.48. The third-order valence-electron chi connectivity index (χ3n) is 5.70. The van der Waals surface area contributed by atoms with Gasteiger partial charge in [0.05, 0.1) is 18.2 Å². The van der Waals surface area contributed by atoms with Gasteiger partial charge in [0.15, 0.2) is 16.5 Å². The van der Waals surface area contributed by atoms with E-state index in [1.807, 2.05) is 13.8 Å². The number of halogens is 1. The van der Waals surface area contributed by atoms with E-state index < -0.39 is 17.1 Å². The van der Waals surface area contributed by atoms with E-state index in [0.29, 0.717) is 36.0 Å². The lowest BCUT2D eigenvalue weighted by Gasteiger charge is -2.38. The highest BCUT2D eigenvalue weighted by atomic mass is 32.1. The molecule has 3 heterocycles. The average molecular weight is 473 g/mol. The molecule has 0 unspecified atom stereocenters. The lowest BCUT2D eigenvalue weighted by molar-refractivity contribution is 0.0511. The molecular weight excluding hydrogens is 447 g/mol. The van der Waals surface area contributed by atoms with Gasteiger partial charge in [-0.15, -0.1) is 10.2 Å². The molecular formula is C23H25FN4O4S. The van der Waals surface area contributed by atoms with Crippen LogP contribution in [0.1, 0.15) is 40.9 Å². The van der Waals surface area contributed by atoms with E-state index >= 15 is 0 Å². The summed E-state index contributed by atoms with van der Waals surface area (Å²) < 4.78 is 20.0. The third kappa shape index (κ3) is 4.53. The Kier molecular flexibility index (Phi) is 6.57.